The van der Waals surface area contributed by atoms with Gasteiger partial charge in [-0.15, -0.1) is 0 Å². The second-order valence-electron chi connectivity index (χ2n) is 7.10. The van der Waals surface area contributed by atoms with Gasteiger partial charge in [-0.25, -0.2) is 4.98 Å². The van der Waals surface area contributed by atoms with Crippen LogP contribution in [0.5, 0.6) is 17.2 Å². The van der Waals surface area contributed by atoms with Crippen LogP contribution in [0.3, 0.4) is 0 Å². The SMILES string of the molecule is Cc1cc(O)cc(OCc2nc3ccccc3c(OCc3ccccc3)c2C)c1. The molecule has 1 aromatic heterocycles. The molecule has 0 bridgehead atoms. The molecular weight excluding hydrogens is 362 g/mol. The maximum absolute atomic E-state index is 9.79. The third-order valence-corrected chi connectivity index (χ3v) is 4.81. The summed E-state index contributed by atoms with van der Waals surface area (Å²) >= 11 is 0. The summed E-state index contributed by atoms with van der Waals surface area (Å²) in [7, 11) is 0. The van der Waals surface area contributed by atoms with Crippen molar-refractivity contribution in [1.29, 1.82) is 0 Å². The van der Waals surface area contributed by atoms with Crippen molar-refractivity contribution in [3.05, 3.63) is 95.2 Å². The molecule has 4 heteroatoms. The van der Waals surface area contributed by atoms with Crippen LogP contribution in [0.2, 0.25) is 0 Å². The van der Waals surface area contributed by atoms with E-state index in [2.05, 4.69) is 0 Å². The molecular formula is C25H23NO3. The molecule has 0 radical (unpaired) electrons. The summed E-state index contributed by atoms with van der Waals surface area (Å²) in [5.74, 6) is 1.63. The first kappa shape index (κ1) is 18.8. The van der Waals surface area contributed by atoms with Gasteiger partial charge in [-0.1, -0.05) is 42.5 Å². The zero-order chi connectivity index (χ0) is 20.2. The Balaban J connectivity index is 1.64. The van der Waals surface area contributed by atoms with Crippen molar-refractivity contribution in [3.63, 3.8) is 0 Å². The van der Waals surface area contributed by atoms with E-state index >= 15 is 0 Å². The van der Waals surface area contributed by atoms with Gasteiger partial charge < -0.3 is 14.6 Å². The molecule has 0 aliphatic rings. The average Bonchev–Trinajstić information content (AvgIpc) is 2.72. The zero-order valence-corrected chi connectivity index (χ0v) is 16.6. The standard InChI is InChI=1S/C25H23NO3/c1-17-12-20(27)14-21(13-17)28-16-24-18(2)25(22-10-6-7-11-23(22)26-24)29-15-19-8-4-3-5-9-19/h3-14,27H,15-16H2,1-2H3. The number of rotatable bonds is 6. The lowest BCUT2D eigenvalue weighted by atomic mass is 10.1. The number of ether oxygens (including phenoxy) is 2. The highest BCUT2D eigenvalue weighted by Gasteiger charge is 2.14. The van der Waals surface area contributed by atoms with Gasteiger partial charge in [0, 0.05) is 17.0 Å². The minimum atomic E-state index is 0.190. The van der Waals surface area contributed by atoms with E-state index in [1.54, 1.807) is 12.1 Å². The van der Waals surface area contributed by atoms with Gasteiger partial charge in [-0.3, -0.25) is 0 Å². The highest BCUT2D eigenvalue weighted by atomic mass is 16.5. The fourth-order valence-corrected chi connectivity index (χ4v) is 3.35. The quantitative estimate of drug-likeness (QED) is 0.461. The van der Waals surface area contributed by atoms with Crippen LogP contribution in [0.4, 0.5) is 0 Å². The Morgan fingerprint density at radius 1 is 0.828 bits per heavy atom. The fourth-order valence-electron chi connectivity index (χ4n) is 3.35. The van der Waals surface area contributed by atoms with E-state index in [1.807, 2.05) is 74.5 Å². The summed E-state index contributed by atoms with van der Waals surface area (Å²) < 4.78 is 12.2. The highest BCUT2D eigenvalue weighted by molar-refractivity contribution is 5.86. The molecule has 1 heterocycles. The second-order valence-corrected chi connectivity index (χ2v) is 7.10. The summed E-state index contributed by atoms with van der Waals surface area (Å²) in [6.07, 6.45) is 0. The third kappa shape index (κ3) is 4.32. The molecule has 4 nitrogen and oxygen atoms in total. The van der Waals surface area contributed by atoms with Gasteiger partial charge in [0.15, 0.2) is 0 Å². The van der Waals surface area contributed by atoms with Gasteiger partial charge in [0.1, 0.15) is 30.5 Å². The molecule has 1 N–H and O–H groups in total. The smallest absolute Gasteiger partial charge is 0.134 e. The Morgan fingerprint density at radius 2 is 1.59 bits per heavy atom. The number of fused-ring (bicyclic) bond motifs is 1. The number of aryl methyl sites for hydroxylation is 1. The second kappa shape index (κ2) is 8.23. The number of benzene rings is 3. The Labute approximate surface area is 170 Å². The van der Waals surface area contributed by atoms with Gasteiger partial charge >= 0.3 is 0 Å². The molecule has 0 spiro atoms. The molecule has 4 aromatic rings. The summed E-state index contributed by atoms with van der Waals surface area (Å²) in [4.78, 5) is 4.78. The first-order valence-corrected chi connectivity index (χ1v) is 9.58. The van der Waals surface area contributed by atoms with Crippen molar-refractivity contribution >= 4 is 10.9 Å². The molecule has 0 saturated heterocycles. The number of aromatic nitrogens is 1. The van der Waals surface area contributed by atoms with E-state index in [9.17, 15) is 5.11 Å². The summed E-state index contributed by atoms with van der Waals surface area (Å²) in [6, 6.07) is 23.3. The van der Waals surface area contributed by atoms with Crippen LogP contribution < -0.4 is 9.47 Å². The van der Waals surface area contributed by atoms with Crippen LogP contribution in [0, 0.1) is 13.8 Å². The van der Waals surface area contributed by atoms with Gasteiger partial charge in [-0.2, -0.15) is 0 Å². The molecule has 0 fully saturated rings. The van der Waals surface area contributed by atoms with Crippen molar-refractivity contribution in [2.75, 3.05) is 0 Å². The molecule has 0 amide bonds. The molecule has 0 aliphatic carbocycles. The number of hydrogen-bond acceptors (Lipinski definition) is 4. The van der Waals surface area contributed by atoms with E-state index in [1.165, 1.54) is 0 Å². The Bertz CT molecular complexity index is 1120. The Morgan fingerprint density at radius 3 is 2.38 bits per heavy atom. The number of para-hydroxylation sites is 1. The molecule has 0 saturated carbocycles. The fraction of sp³-hybridized carbons (Fsp3) is 0.160. The van der Waals surface area contributed by atoms with Crippen molar-refractivity contribution < 1.29 is 14.6 Å². The number of hydrogen-bond donors (Lipinski definition) is 1. The maximum atomic E-state index is 9.79. The van der Waals surface area contributed by atoms with Crippen molar-refractivity contribution in [3.8, 4) is 17.2 Å². The average molecular weight is 385 g/mol. The lowest BCUT2D eigenvalue weighted by Gasteiger charge is -2.16. The molecule has 146 valence electrons. The van der Waals surface area contributed by atoms with Crippen molar-refractivity contribution in [2.45, 2.75) is 27.1 Å². The zero-order valence-electron chi connectivity index (χ0n) is 16.6. The predicted molar refractivity (Wildman–Crippen MR) is 114 cm³/mol. The predicted octanol–water partition coefficient (Wildman–Crippen LogP) is 5.72. The van der Waals surface area contributed by atoms with E-state index in [-0.39, 0.29) is 5.75 Å². The van der Waals surface area contributed by atoms with E-state index < -0.39 is 0 Å². The Hall–Kier alpha value is -3.53. The van der Waals surface area contributed by atoms with Crippen molar-refractivity contribution in [1.82, 2.24) is 4.98 Å². The van der Waals surface area contributed by atoms with Crippen LogP contribution in [-0.4, -0.2) is 10.1 Å². The number of aromatic hydroxyl groups is 1. The van der Waals surface area contributed by atoms with Crippen LogP contribution >= 0.6 is 0 Å². The number of nitrogens with zero attached hydrogens (tertiary/aromatic N) is 1. The third-order valence-electron chi connectivity index (χ3n) is 4.81. The maximum Gasteiger partial charge on any atom is 0.134 e. The van der Waals surface area contributed by atoms with Gasteiger partial charge in [-0.05, 0) is 49.2 Å². The summed E-state index contributed by atoms with van der Waals surface area (Å²) in [5.41, 5.74) is 4.69. The van der Waals surface area contributed by atoms with Crippen LogP contribution in [0.1, 0.15) is 22.4 Å². The topological polar surface area (TPSA) is 51.6 Å². The number of phenolic OH excluding ortho intramolecular Hbond substituents is 1. The minimum Gasteiger partial charge on any atom is -0.508 e. The lowest BCUT2D eigenvalue weighted by molar-refractivity contribution is 0.290. The van der Waals surface area contributed by atoms with Gasteiger partial charge in [0.05, 0.1) is 11.2 Å². The normalized spacial score (nSPS) is 10.8. The molecule has 0 atom stereocenters. The van der Waals surface area contributed by atoms with Gasteiger partial charge in [0.25, 0.3) is 0 Å². The number of phenols is 1. The van der Waals surface area contributed by atoms with E-state index in [0.717, 1.165) is 39.0 Å². The van der Waals surface area contributed by atoms with Gasteiger partial charge in [0.2, 0.25) is 0 Å². The molecule has 0 aliphatic heterocycles. The van der Waals surface area contributed by atoms with Crippen LogP contribution in [0.15, 0.2) is 72.8 Å². The summed E-state index contributed by atoms with van der Waals surface area (Å²) in [5, 5.41) is 10.8. The molecule has 0 unspecified atom stereocenters. The largest absolute Gasteiger partial charge is 0.508 e. The first-order chi connectivity index (χ1) is 14.1. The summed E-state index contributed by atoms with van der Waals surface area (Å²) in [6.45, 7) is 4.71. The molecule has 29 heavy (non-hydrogen) atoms. The monoisotopic (exact) mass is 385 g/mol. The Kier molecular flexibility index (Phi) is 5.34. The van der Waals surface area contributed by atoms with Crippen molar-refractivity contribution in [2.24, 2.45) is 0 Å². The minimum absolute atomic E-state index is 0.190. The molecule has 3 aromatic carbocycles. The van der Waals surface area contributed by atoms with Crippen LogP contribution in [-0.2, 0) is 13.2 Å². The van der Waals surface area contributed by atoms with E-state index in [0.29, 0.717) is 19.0 Å². The van der Waals surface area contributed by atoms with E-state index in [4.69, 9.17) is 14.5 Å². The lowest BCUT2D eigenvalue weighted by Crippen LogP contribution is -2.05. The number of pyridine rings is 1. The van der Waals surface area contributed by atoms with Crippen LogP contribution in [0.25, 0.3) is 10.9 Å². The highest BCUT2D eigenvalue weighted by Crippen LogP contribution is 2.32. The first-order valence-electron chi connectivity index (χ1n) is 9.58. The molecule has 4 rings (SSSR count).